The fourth-order valence-electron chi connectivity index (χ4n) is 2.24. The average molecular weight is 199 g/mol. The molecule has 0 radical (unpaired) electrons. The van der Waals surface area contributed by atoms with Crippen LogP contribution in [0.15, 0.2) is 0 Å². The molecule has 1 aliphatic heterocycles. The molecule has 3 nitrogen and oxygen atoms in total. The van der Waals surface area contributed by atoms with Crippen LogP contribution in [0.2, 0.25) is 0 Å². The molecule has 2 N–H and O–H groups in total. The molecule has 1 aliphatic rings. The van der Waals surface area contributed by atoms with Crippen molar-refractivity contribution in [2.75, 3.05) is 13.1 Å². The molecule has 0 aromatic rings. The van der Waals surface area contributed by atoms with Crippen molar-refractivity contribution in [2.24, 2.45) is 11.8 Å². The number of hydrogen-bond donors (Lipinski definition) is 2. The fraction of sp³-hybridized carbons (Fsp3) is 0.909. The summed E-state index contributed by atoms with van der Waals surface area (Å²) in [6, 6.07) is 0. The van der Waals surface area contributed by atoms with E-state index in [2.05, 4.69) is 12.2 Å². The first-order valence-electron chi connectivity index (χ1n) is 5.66. The van der Waals surface area contributed by atoms with Gasteiger partial charge in [0.1, 0.15) is 0 Å². The lowest BCUT2D eigenvalue weighted by Gasteiger charge is -2.15. The lowest BCUT2D eigenvalue weighted by atomic mass is 9.88. The number of aliphatic carboxylic acids is 1. The summed E-state index contributed by atoms with van der Waals surface area (Å²) in [5.74, 6) is 0.307. The maximum Gasteiger partial charge on any atom is 0.303 e. The van der Waals surface area contributed by atoms with Crippen LogP contribution in [-0.2, 0) is 4.79 Å². The third-order valence-corrected chi connectivity index (χ3v) is 3.09. The summed E-state index contributed by atoms with van der Waals surface area (Å²) >= 11 is 0. The quantitative estimate of drug-likeness (QED) is 0.642. The van der Waals surface area contributed by atoms with E-state index >= 15 is 0 Å². The smallest absolute Gasteiger partial charge is 0.303 e. The number of hydrogen-bond acceptors (Lipinski definition) is 2. The van der Waals surface area contributed by atoms with Gasteiger partial charge in [-0.25, -0.2) is 0 Å². The summed E-state index contributed by atoms with van der Waals surface area (Å²) in [4.78, 5) is 10.6. The molecule has 14 heavy (non-hydrogen) atoms. The molecule has 0 spiro atoms. The Labute approximate surface area is 85.9 Å². The second-order valence-corrected chi connectivity index (χ2v) is 4.27. The van der Waals surface area contributed by atoms with Crippen LogP contribution in [0, 0.1) is 11.8 Å². The van der Waals surface area contributed by atoms with E-state index in [9.17, 15) is 4.79 Å². The van der Waals surface area contributed by atoms with Gasteiger partial charge >= 0.3 is 5.97 Å². The lowest BCUT2D eigenvalue weighted by molar-refractivity contribution is -0.138. The van der Waals surface area contributed by atoms with E-state index in [-0.39, 0.29) is 0 Å². The van der Waals surface area contributed by atoms with Crippen molar-refractivity contribution >= 4 is 5.97 Å². The first-order valence-corrected chi connectivity index (χ1v) is 5.66. The van der Waals surface area contributed by atoms with Crippen molar-refractivity contribution < 1.29 is 9.90 Å². The molecular formula is C11H21NO2. The molecule has 0 amide bonds. The molecule has 2 unspecified atom stereocenters. The van der Waals surface area contributed by atoms with E-state index in [4.69, 9.17) is 5.11 Å². The topological polar surface area (TPSA) is 49.3 Å². The lowest BCUT2D eigenvalue weighted by Crippen LogP contribution is -2.16. The van der Waals surface area contributed by atoms with E-state index in [0.29, 0.717) is 18.3 Å². The highest BCUT2D eigenvalue weighted by Crippen LogP contribution is 2.25. The standard InChI is InChI=1S/C11H21NO2/c1-2-3-4-5-9-7-12-8-10(9)6-11(13)14/h9-10,12H,2-8H2,1H3,(H,13,14). The summed E-state index contributed by atoms with van der Waals surface area (Å²) in [5, 5.41) is 12.0. The van der Waals surface area contributed by atoms with Gasteiger partial charge in [0.15, 0.2) is 0 Å². The van der Waals surface area contributed by atoms with Crippen LogP contribution in [0.1, 0.15) is 39.0 Å². The zero-order valence-corrected chi connectivity index (χ0v) is 8.96. The largest absolute Gasteiger partial charge is 0.481 e. The molecule has 1 rings (SSSR count). The van der Waals surface area contributed by atoms with Gasteiger partial charge in [0.05, 0.1) is 0 Å². The monoisotopic (exact) mass is 199 g/mol. The zero-order valence-electron chi connectivity index (χ0n) is 8.96. The van der Waals surface area contributed by atoms with Crippen LogP contribution < -0.4 is 5.32 Å². The second kappa shape index (κ2) is 6.02. The van der Waals surface area contributed by atoms with Crippen LogP contribution in [0.4, 0.5) is 0 Å². The van der Waals surface area contributed by atoms with E-state index in [0.717, 1.165) is 13.1 Å². The third-order valence-electron chi connectivity index (χ3n) is 3.09. The van der Waals surface area contributed by atoms with Gasteiger partial charge in [0.25, 0.3) is 0 Å². The van der Waals surface area contributed by atoms with Crippen molar-refractivity contribution in [3.63, 3.8) is 0 Å². The number of nitrogens with one attached hydrogen (secondary N) is 1. The Balaban J connectivity index is 2.24. The first-order chi connectivity index (χ1) is 6.74. The van der Waals surface area contributed by atoms with Gasteiger partial charge in [-0.3, -0.25) is 4.79 Å². The van der Waals surface area contributed by atoms with Gasteiger partial charge in [-0.05, 0) is 31.3 Å². The zero-order chi connectivity index (χ0) is 10.4. The highest BCUT2D eigenvalue weighted by atomic mass is 16.4. The maximum atomic E-state index is 10.6. The Morgan fingerprint density at radius 3 is 2.71 bits per heavy atom. The van der Waals surface area contributed by atoms with Gasteiger partial charge in [-0.15, -0.1) is 0 Å². The Morgan fingerprint density at radius 1 is 1.36 bits per heavy atom. The van der Waals surface area contributed by atoms with E-state index in [1.165, 1.54) is 25.7 Å². The molecule has 0 aromatic carbocycles. The van der Waals surface area contributed by atoms with E-state index < -0.39 is 5.97 Å². The van der Waals surface area contributed by atoms with E-state index in [1.54, 1.807) is 0 Å². The highest BCUT2D eigenvalue weighted by molar-refractivity contribution is 5.67. The molecule has 1 saturated heterocycles. The third kappa shape index (κ3) is 3.66. The van der Waals surface area contributed by atoms with Crippen LogP contribution in [-0.4, -0.2) is 24.2 Å². The number of carboxylic acids is 1. The van der Waals surface area contributed by atoms with Crippen molar-refractivity contribution in [3.05, 3.63) is 0 Å². The number of rotatable bonds is 6. The van der Waals surface area contributed by atoms with Crippen molar-refractivity contribution in [1.82, 2.24) is 5.32 Å². The minimum absolute atomic E-state index is 0.337. The summed E-state index contributed by atoms with van der Waals surface area (Å²) in [6.07, 6.45) is 5.29. The molecule has 1 heterocycles. The Bertz CT molecular complexity index is 182. The average Bonchev–Trinajstić information content (AvgIpc) is 2.52. The molecule has 82 valence electrons. The summed E-state index contributed by atoms with van der Waals surface area (Å²) in [6.45, 7) is 4.10. The molecule has 1 fully saturated rings. The van der Waals surface area contributed by atoms with Crippen molar-refractivity contribution in [1.29, 1.82) is 0 Å². The maximum absolute atomic E-state index is 10.6. The predicted octanol–water partition coefficient (Wildman–Crippen LogP) is 1.88. The fourth-order valence-corrected chi connectivity index (χ4v) is 2.24. The number of carbonyl (C=O) groups is 1. The molecule has 2 atom stereocenters. The van der Waals surface area contributed by atoms with Gasteiger partial charge in [-0.1, -0.05) is 26.2 Å². The molecular weight excluding hydrogens is 178 g/mol. The Hall–Kier alpha value is -0.570. The second-order valence-electron chi connectivity index (χ2n) is 4.27. The van der Waals surface area contributed by atoms with Crippen LogP contribution in [0.3, 0.4) is 0 Å². The van der Waals surface area contributed by atoms with Crippen LogP contribution >= 0.6 is 0 Å². The van der Waals surface area contributed by atoms with Gasteiger partial charge in [-0.2, -0.15) is 0 Å². The predicted molar refractivity (Wildman–Crippen MR) is 56.2 cm³/mol. The molecule has 3 heteroatoms. The minimum atomic E-state index is -0.654. The Kier molecular flexibility index (Phi) is 4.94. The van der Waals surface area contributed by atoms with Gasteiger partial charge < -0.3 is 10.4 Å². The van der Waals surface area contributed by atoms with Crippen molar-refractivity contribution in [3.8, 4) is 0 Å². The number of carboxylic acid groups (broad SMARTS) is 1. The SMILES string of the molecule is CCCCCC1CNCC1CC(=O)O. The molecule has 0 aromatic heterocycles. The van der Waals surface area contributed by atoms with Gasteiger partial charge in [0, 0.05) is 6.42 Å². The first kappa shape index (κ1) is 11.5. The molecule has 0 aliphatic carbocycles. The van der Waals surface area contributed by atoms with Crippen LogP contribution in [0.25, 0.3) is 0 Å². The highest BCUT2D eigenvalue weighted by Gasteiger charge is 2.27. The normalized spacial score (nSPS) is 26.6. The van der Waals surface area contributed by atoms with Crippen LogP contribution in [0.5, 0.6) is 0 Å². The molecule has 0 saturated carbocycles. The summed E-state index contributed by atoms with van der Waals surface area (Å²) in [5.41, 5.74) is 0. The minimum Gasteiger partial charge on any atom is -0.481 e. The summed E-state index contributed by atoms with van der Waals surface area (Å²) in [7, 11) is 0. The Morgan fingerprint density at radius 2 is 2.07 bits per heavy atom. The molecule has 0 bridgehead atoms. The van der Waals surface area contributed by atoms with Gasteiger partial charge in [0.2, 0.25) is 0 Å². The summed E-state index contributed by atoms with van der Waals surface area (Å²) < 4.78 is 0. The van der Waals surface area contributed by atoms with E-state index in [1.807, 2.05) is 0 Å². The van der Waals surface area contributed by atoms with Crippen molar-refractivity contribution in [2.45, 2.75) is 39.0 Å². The number of unbranched alkanes of at least 4 members (excludes halogenated alkanes) is 2.